The molecule has 1 rings (SSSR count). The van der Waals surface area contributed by atoms with Crippen LogP contribution in [0.4, 0.5) is 5.69 Å². The number of benzene rings is 1. The van der Waals surface area contributed by atoms with E-state index >= 15 is 0 Å². The molecule has 4 nitrogen and oxygen atoms in total. The summed E-state index contributed by atoms with van der Waals surface area (Å²) in [5.74, 6) is 0.725. The predicted octanol–water partition coefficient (Wildman–Crippen LogP) is 3.17. The van der Waals surface area contributed by atoms with Crippen molar-refractivity contribution in [3.8, 4) is 11.5 Å². The van der Waals surface area contributed by atoms with Crippen LogP contribution in [-0.4, -0.2) is 26.0 Å². The summed E-state index contributed by atoms with van der Waals surface area (Å²) in [6.07, 6.45) is 0. The van der Waals surface area contributed by atoms with Crippen molar-refractivity contribution in [3.63, 3.8) is 0 Å². The van der Waals surface area contributed by atoms with Crippen molar-refractivity contribution in [1.82, 2.24) is 0 Å². The first-order valence-corrected chi connectivity index (χ1v) is 6.23. The highest BCUT2D eigenvalue weighted by atomic mass is 35.5. The molecule has 18 heavy (non-hydrogen) atoms. The summed E-state index contributed by atoms with van der Waals surface area (Å²) in [5.41, 5.74) is 0.491. The summed E-state index contributed by atoms with van der Waals surface area (Å²) in [5, 5.41) is 3.11. The highest BCUT2D eigenvalue weighted by molar-refractivity contribution is 6.32. The van der Waals surface area contributed by atoms with Crippen molar-refractivity contribution in [2.24, 2.45) is 5.92 Å². The fourth-order valence-electron chi connectivity index (χ4n) is 1.28. The molecular weight excluding hydrogens is 277 g/mol. The van der Waals surface area contributed by atoms with Gasteiger partial charge in [0.25, 0.3) is 0 Å². The van der Waals surface area contributed by atoms with Gasteiger partial charge in [0, 0.05) is 17.9 Å². The third-order valence-corrected chi connectivity index (χ3v) is 3.17. The van der Waals surface area contributed by atoms with Crippen LogP contribution in [0.15, 0.2) is 12.1 Å². The van der Waals surface area contributed by atoms with Crippen LogP contribution >= 0.6 is 23.2 Å². The number of anilines is 1. The van der Waals surface area contributed by atoms with Crippen LogP contribution < -0.4 is 14.8 Å². The van der Waals surface area contributed by atoms with Gasteiger partial charge in [-0.2, -0.15) is 0 Å². The number of halogens is 2. The number of alkyl halides is 1. The molecule has 0 heterocycles. The molecule has 0 aliphatic rings. The molecule has 0 bridgehead atoms. The molecule has 0 spiro atoms. The molecule has 1 amide bonds. The van der Waals surface area contributed by atoms with Crippen molar-refractivity contribution in [2.45, 2.75) is 6.92 Å². The second-order valence-corrected chi connectivity index (χ2v) is 4.45. The Labute approximate surface area is 116 Å². The quantitative estimate of drug-likeness (QED) is 0.848. The normalized spacial score (nSPS) is 11.8. The van der Waals surface area contributed by atoms with Gasteiger partial charge in [0.1, 0.15) is 11.5 Å². The molecule has 0 radical (unpaired) electrons. The molecule has 0 saturated heterocycles. The van der Waals surface area contributed by atoms with Crippen molar-refractivity contribution in [1.29, 1.82) is 0 Å². The third kappa shape index (κ3) is 3.43. The van der Waals surface area contributed by atoms with Crippen LogP contribution in [0.3, 0.4) is 0 Å². The Balaban J connectivity index is 3.01. The number of hydrogen-bond donors (Lipinski definition) is 1. The fraction of sp³-hybridized carbons (Fsp3) is 0.417. The molecule has 0 aromatic heterocycles. The second-order valence-electron chi connectivity index (χ2n) is 3.73. The summed E-state index contributed by atoms with van der Waals surface area (Å²) in [7, 11) is 3.01. The van der Waals surface area contributed by atoms with Gasteiger partial charge in [-0.25, -0.2) is 0 Å². The smallest absolute Gasteiger partial charge is 0.228 e. The van der Waals surface area contributed by atoms with Crippen molar-refractivity contribution >= 4 is 34.8 Å². The summed E-state index contributed by atoms with van der Waals surface area (Å²) < 4.78 is 10.2. The van der Waals surface area contributed by atoms with Crippen molar-refractivity contribution in [3.05, 3.63) is 17.2 Å². The second kappa shape index (κ2) is 6.71. The van der Waals surface area contributed by atoms with E-state index in [1.54, 1.807) is 19.1 Å². The van der Waals surface area contributed by atoms with Crippen LogP contribution in [0.1, 0.15) is 6.92 Å². The van der Waals surface area contributed by atoms with Crippen LogP contribution in [0.25, 0.3) is 0 Å². The summed E-state index contributed by atoms with van der Waals surface area (Å²) >= 11 is 11.6. The molecule has 1 unspecified atom stereocenters. The Bertz CT molecular complexity index is 438. The van der Waals surface area contributed by atoms with Crippen LogP contribution in [0.5, 0.6) is 11.5 Å². The average Bonchev–Trinajstić information content (AvgIpc) is 2.38. The van der Waals surface area contributed by atoms with E-state index in [-0.39, 0.29) is 17.7 Å². The summed E-state index contributed by atoms with van der Waals surface area (Å²) in [6, 6.07) is 3.20. The van der Waals surface area contributed by atoms with Crippen LogP contribution in [0, 0.1) is 5.92 Å². The minimum Gasteiger partial charge on any atom is -0.495 e. The number of carbonyl (C=O) groups is 1. The lowest BCUT2D eigenvalue weighted by Crippen LogP contribution is -2.21. The van der Waals surface area contributed by atoms with E-state index in [1.807, 2.05) is 0 Å². The fourth-order valence-corrected chi connectivity index (χ4v) is 1.66. The molecule has 0 saturated carbocycles. The SMILES string of the molecule is COc1cc(OC)c(NC(=O)C(C)CCl)cc1Cl. The number of ether oxygens (including phenoxy) is 2. The van der Waals surface area contributed by atoms with Gasteiger partial charge in [-0.3, -0.25) is 4.79 Å². The first-order valence-electron chi connectivity index (χ1n) is 5.31. The molecule has 100 valence electrons. The van der Waals surface area contributed by atoms with E-state index in [2.05, 4.69) is 5.32 Å². The molecule has 0 aliphatic carbocycles. The Morgan fingerprint density at radius 1 is 1.33 bits per heavy atom. The maximum atomic E-state index is 11.8. The molecule has 0 aliphatic heterocycles. The number of rotatable bonds is 5. The maximum Gasteiger partial charge on any atom is 0.228 e. The Morgan fingerprint density at radius 2 is 1.94 bits per heavy atom. The molecule has 1 N–H and O–H groups in total. The Kier molecular flexibility index (Phi) is 5.56. The van der Waals surface area contributed by atoms with Gasteiger partial charge in [0.15, 0.2) is 0 Å². The molecular formula is C12H15Cl2NO3. The molecule has 0 fully saturated rings. The first-order chi connectivity index (χ1) is 8.53. The van der Waals surface area contributed by atoms with E-state index in [0.717, 1.165) is 0 Å². The van der Waals surface area contributed by atoms with Gasteiger partial charge >= 0.3 is 0 Å². The topological polar surface area (TPSA) is 47.6 Å². The lowest BCUT2D eigenvalue weighted by molar-refractivity contribution is -0.118. The molecule has 1 aromatic rings. The zero-order valence-corrected chi connectivity index (χ0v) is 11.9. The van der Waals surface area contributed by atoms with Crippen LogP contribution in [-0.2, 0) is 4.79 Å². The number of methoxy groups -OCH3 is 2. The van der Waals surface area contributed by atoms with Gasteiger partial charge in [-0.05, 0) is 6.07 Å². The summed E-state index contributed by atoms with van der Waals surface area (Å²) in [6.45, 7) is 1.74. The number of amides is 1. The molecule has 6 heteroatoms. The van der Waals surface area contributed by atoms with Gasteiger partial charge in [-0.1, -0.05) is 18.5 Å². The predicted molar refractivity (Wildman–Crippen MR) is 73.1 cm³/mol. The number of hydrogen-bond acceptors (Lipinski definition) is 3. The molecule has 1 aromatic carbocycles. The van der Waals surface area contributed by atoms with E-state index in [1.165, 1.54) is 14.2 Å². The van der Waals surface area contributed by atoms with Gasteiger partial charge in [-0.15, -0.1) is 11.6 Å². The standard InChI is InChI=1S/C12H15Cl2NO3/c1-7(6-13)12(16)15-9-4-8(14)10(17-2)5-11(9)18-3/h4-5,7H,6H2,1-3H3,(H,15,16). The van der Waals surface area contributed by atoms with Crippen molar-refractivity contribution < 1.29 is 14.3 Å². The van der Waals surface area contributed by atoms with Crippen LogP contribution in [0.2, 0.25) is 5.02 Å². The van der Waals surface area contributed by atoms with E-state index in [4.69, 9.17) is 32.7 Å². The zero-order chi connectivity index (χ0) is 13.7. The Morgan fingerprint density at radius 3 is 2.44 bits per heavy atom. The lowest BCUT2D eigenvalue weighted by Gasteiger charge is -2.14. The van der Waals surface area contributed by atoms with E-state index in [9.17, 15) is 4.79 Å². The minimum atomic E-state index is -0.294. The largest absolute Gasteiger partial charge is 0.495 e. The average molecular weight is 292 g/mol. The highest BCUT2D eigenvalue weighted by Crippen LogP contribution is 2.36. The van der Waals surface area contributed by atoms with Gasteiger partial charge in [0.2, 0.25) is 5.91 Å². The third-order valence-electron chi connectivity index (χ3n) is 2.41. The monoisotopic (exact) mass is 291 g/mol. The summed E-state index contributed by atoms with van der Waals surface area (Å²) in [4.78, 5) is 11.8. The maximum absolute atomic E-state index is 11.8. The van der Waals surface area contributed by atoms with Crippen molar-refractivity contribution in [2.75, 3.05) is 25.4 Å². The van der Waals surface area contributed by atoms with E-state index < -0.39 is 0 Å². The number of nitrogens with one attached hydrogen (secondary N) is 1. The van der Waals surface area contributed by atoms with Gasteiger partial charge in [0.05, 0.1) is 24.9 Å². The Hall–Kier alpha value is -1.13. The number of carbonyl (C=O) groups excluding carboxylic acids is 1. The minimum absolute atomic E-state index is 0.190. The first kappa shape index (κ1) is 14.9. The van der Waals surface area contributed by atoms with E-state index in [0.29, 0.717) is 22.2 Å². The molecule has 1 atom stereocenters. The lowest BCUT2D eigenvalue weighted by atomic mass is 10.2. The zero-order valence-electron chi connectivity index (χ0n) is 10.4. The highest BCUT2D eigenvalue weighted by Gasteiger charge is 2.16. The van der Waals surface area contributed by atoms with Gasteiger partial charge < -0.3 is 14.8 Å².